The minimum absolute atomic E-state index is 0.497. The molecule has 0 saturated heterocycles. The van der Waals surface area contributed by atoms with Crippen molar-refractivity contribution in [2.24, 2.45) is 0 Å². The van der Waals surface area contributed by atoms with Crippen molar-refractivity contribution in [1.82, 2.24) is 0 Å². The van der Waals surface area contributed by atoms with Crippen LogP contribution in [0.15, 0.2) is 24.3 Å². The fourth-order valence-electron chi connectivity index (χ4n) is 1.03. The maximum atomic E-state index is 11.1. The molecule has 0 spiro atoms. The van der Waals surface area contributed by atoms with Crippen LogP contribution >= 0.6 is 0 Å². The monoisotopic (exact) mass is 203 g/mol. The fraction of sp³-hybridized carbons (Fsp3) is 0.0909. The van der Waals surface area contributed by atoms with Gasteiger partial charge in [0.25, 0.3) is 0 Å². The number of carboxylic acid groups (broad SMARTS) is 1. The average Bonchev–Trinajstić information content (AvgIpc) is 2.16. The normalized spacial score (nSPS) is 9.00. The standard InChI is InChI=1S/C11H9NO3/c1-2-8-4-3-5-9(6-8)12-10(13)7-11(14)15/h1,3-6H,7H2,(H,12,13)(H,14,15). The van der Waals surface area contributed by atoms with Crippen LogP contribution in [0.3, 0.4) is 0 Å². The molecule has 4 nitrogen and oxygen atoms in total. The number of nitrogens with one attached hydrogen (secondary N) is 1. The summed E-state index contributed by atoms with van der Waals surface area (Å²) in [4.78, 5) is 21.3. The molecule has 0 bridgehead atoms. The summed E-state index contributed by atoms with van der Waals surface area (Å²) in [7, 11) is 0. The molecule has 2 N–H and O–H groups in total. The van der Waals surface area contributed by atoms with E-state index in [4.69, 9.17) is 11.5 Å². The number of carbonyl (C=O) groups is 2. The number of aliphatic carboxylic acids is 1. The lowest BCUT2D eigenvalue weighted by Crippen LogP contribution is -2.15. The van der Waals surface area contributed by atoms with Crippen molar-refractivity contribution in [3.05, 3.63) is 29.8 Å². The lowest BCUT2D eigenvalue weighted by atomic mass is 10.2. The Kier molecular flexibility index (Phi) is 3.47. The molecule has 0 aliphatic rings. The summed E-state index contributed by atoms with van der Waals surface area (Å²) < 4.78 is 0. The smallest absolute Gasteiger partial charge is 0.312 e. The number of benzene rings is 1. The molecule has 4 heteroatoms. The van der Waals surface area contributed by atoms with Gasteiger partial charge in [-0.25, -0.2) is 0 Å². The topological polar surface area (TPSA) is 66.4 Å². The summed E-state index contributed by atoms with van der Waals surface area (Å²) in [5, 5.41) is 10.8. The van der Waals surface area contributed by atoms with E-state index < -0.39 is 18.3 Å². The Balaban J connectivity index is 2.69. The molecule has 0 radical (unpaired) electrons. The molecule has 0 aromatic heterocycles. The minimum atomic E-state index is -1.17. The van der Waals surface area contributed by atoms with E-state index >= 15 is 0 Å². The summed E-state index contributed by atoms with van der Waals surface area (Å²) in [6.07, 6.45) is 4.62. The van der Waals surface area contributed by atoms with Crippen molar-refractivity contribution in [2.45, 2.75) is 6.42 Å². The molecule has 0 heterocycles. The Morgan fingerprint density at radius 2 is 2.20 bits per heavy atom. The Labute approximate surface area is 86.9 Å². The van der Waals surface area contributed by atoms with Gasteiger partial charge in [-0.3, -0.25) is 9.59 Å². The van der Waals surface area contributed by atoms with Crippen LogP contribution in [-0.2, 0) is 9.59 Å². The first kappa shape index (κ1) is 10.8. The van der Waals surface area contributed by atoms with Crippen molar-refractivity contribution in [3.8, 4) is 12.3 Å². The van der Waals surface area contributed by atoms with Gasteiger partial charge in [0.15, 0.2) is 0 Å². The van der Waals surface area contributed by atoms with E-state index in [1.165, 1.54) is 0 Å². The Morgan fingerprint density at radius 3 is 2.80 bits per heavy atom. The van der Waals surface area contributed by atoms with Crippen LogP contribution in [0.5, 0.6) is 0 Å². The predicted octanol–water partition coefficient (Wildman–Crippen LogP) is 1.08. The van der Waals surface area contributed by atoms with Gasteiger partial charge in [-0.2, -0.15) is 0 Å². The summed E-state index contributed by atoms with van der Waals surface area (Å²) >= 11 is 0. The minimum Gasteiger partial charge on any atom is -0.481 e. The van der Waals surface area contributed by atoms with Crippen molar-refractivity contribution in [2.75, 3.05) is 5.32 Å². The SMILES string of the molecule is C#Cc1cccc(NC(=O)CC(=O)O)c1. The van der Waals surface area contributed by atoms with Crippen LogP contribution in [0.4, 0.5) is 5.69 Å². The number of amides is 1. The second-order valence-corrected chi connectivity index (χ2v) is 2.84. The van der Waals surface area contributed by atoms with Crippen molar-refractivity contribution in [3.63, 3.8) is 0 Å². The van der Waals surface area contributed by atoms with Crippen molar-refractivity contribution in [1.29, 1.82) is 0 Å². The van der Waals surface area contributed by atoms with Gasteiger partial charge in [0.2, 0.25) is 5.91 Å². The van der Waals surface area contributed by atoms with Crippen LogP contribution in [0.2, 0.25) is 0 Å². The first-order chi connectivity index (χ1) is 7.11. The highest BCUT2D eigenvalue weighted by Crippen LogP contribution is 2.09. The third-order valence-corrected chi connectivity index (χ3v) is 1.62. The number of carboxylic acids is 1. The molecule has 1 aromatic carbocycles. The lowest BCUT2D eigenvalue weighted by Gasteiger charge is -2.03. The van der Waals surface area contributed by atoms with Gasteiger partial charge in [0.1, 0.15) is 6.42 Å². The number of hydrogen-bond donors (Lipinski definition) is 2. The maximum absolute atomic E-state index is 11.1. The molecule has 1 aromatic rings. The highest BCUT2D eigenvalue weighted by molar-refractivity contribution is 6.01. The molecule has 0 aliphatic carbocycles. The second kappa shape index (κ2) is 4.82. The van der Waals surface area contributed by atoms with E-state index in [-0.39, 0.29) is 0 Å². The molecule has 1 rings (SSSR count). The zero-order valence-electron chi connectivity index (χ0n) is 7.86. The maximum Gasteiger partial charge on any atom is 0.312 e. The zero-order chi connectivity index (χ0) is 11.3. The summed E-state index contributed by atoms with van der Waals surface area (Å²) in [5.74, 6) is 0.675. The third kappa shape index (κ3) is 3.53. The third-order valence-electron chi connectivity index (χ3n) is 1.62. The van der Waals surface area contributed by atoms with Crippen molar-refractivity contribution < 1.29 is 14.7 Å². The van der Waals surface area contributed by atoms with Gasteiger partial charge in [-0.15, -0.1) is 6.42 Å². The molecule has 0 saturated carbocycles. The number of carbonyl (C=O) groups excluding carboxylic acids is 1. The van der Waals surface area contributed by atoms with E-state index in [0.29, 0.717) is 11.3 Å². The number of rotatable bonds is 3. The Bertz CT molecular complexity index is 432. The molecular formula is C11H9NO3. The number of terminal acetylenes is 1. The van der Waals surface area contributed by atoms with Crippen LogP contribution in [0.1, 0.15) is 12.0 Å². The molecule has 76 valence electrons. The average molecular weight is 203 g/mol. The van der Waals surface area contributed by atoms with Gasteiger partial charge in [-0.05, 0) is 18.2 Å². The molecule has 0 fully saturated rings. The number of hydrogen-bond acceptors (Lipinski definition) is 2. The summed E-state index contributed by atoms with van der Waals surface area (Å²) in [6, 6.07) is 6.64. The van der Waals surface area contributed by atoms with Gasteiger partial charge >= 0.3 is 5.97 Å². The highest BCUT2D eigenvalue weighted by Gasteiger charge is 2.07. The first-order valence-corrected chi connectivity index (χ1v) is 4.20. The van der Waals surface area contributed by atoms with E-state index in [0.717, 1.165) is 0 Å². The van der Waals surface area contributed by atoms with E-state index in [1.54, 1.807) is 24.3 Å². The van der Waals surface area contributed by atoms with Crippen molar-refractivity contribution >= 4 is 17.6 Å². The first-order valence-electron chi connectivity index (χ1n) is 4.20. The molecular weight excluding hydrogens is 194 g/mol. The zero-order valence-corrected chi connectivity index (χ0v) is 7.86. The molecule has 1 amide bonds. The lowest BCUT2D eigenvalue weighted by molar-refractivity contribution is -0.139. The quantitative estimate of drug-likeness (QED) is 0.570. The van der Waals surface area contributed by atoms with Crippen LogP contribution in [0, 0.1) is 12.3 Å². The second-order valence-electron chi connectivity index (χ2n) is 2.84. The van der Waals surface area contributed by atoms with E-state index in [1.807, 2.05) is 0 Å². The van der Waals surface area contributed by atoms with Crippen LogP contribution in [-0.4, -0.2) is 17.0 Å². The molecule has 0 atom stereocenters. The van der Waals surface area contributed by atoms with Gasteiger partial charge < -0.3 is 10.4 Å². The van der Waals surface area contributed by atoms with Crippen LogP contribution < -0.4 is 5.32 Å². The Hall–Kier alpha value is -2.28. The Morgan fingerprint density at radius 1 is 1.47 bits per heavy atom. The largest absolute Gasteiger partial charge is 0.481 e. The van der Waals surface area contributed by atoms with Crippen LogP contribution in [0.25, 0.3) is 0 Å². The van der Waals surface area contributed by atoms with E-state index in [2.05, 4.69) is 11.2 Å². The molecule has 0 aliphatic heterocycles. The van der Waals surface area contributed by atoms with Gasteiger partial charge in [-0.1, -0.05) is 12.0 Å². The summed E-state index contributed by atoms with van der Waals surface area (Å²) in [5.41, 5.74) is 1.12. The van der Waals surface area contributed by atoms with E-state index in [9.17, 15) is 9.59 Å². The van der Waals surface area contributed by atoms with Gasteiger partial charge in [0.05, 0.1) is 0 Å². The van der Waals surface area contributed by atoms with Gasteiger partial charge in [0, 0.05) is 11.3 Å². The predicted molar refractivity (Wildman–Crippen MR) is 55.3 cm³/mol. The molecule has 15 heavy (non-hydrogen) atoms. The fourth-order valence-corrected chi connectivity index (χ4v) is 1.03. The highest BCUT2D eigenvalue weighted by atomic mass is 16.4. The molecule has 0 unspecified atom stereocenters. The number of anilines is 1. The summed E-state index contributed by atoms with van der Waals surface area (Å²) in [6.45, 7) is 0.